The standard InChI is InChI=1S/C19H22N2OS2/c1-3-4-5-9-12-23-19-20-17(22)16-15(13(2)24-18(16)21-19)14-10-7-6-8-11-14/h6-8,10-11H,3-5,9,12H2,1-2H3,(H,20,21,22). The van der Waals surface area contributed by atoms with Gasteiger partial charge in [0.15, 0.2) is 5.16 Å². The molecule has 0 bridgehead atoms. The minimum absolute atomic E-state index is 0.0285. The molecule has 1 aromatic carbocycles. The molecule has 0 atom stereocenters. The number of thioether (sulfide) groups is 1. The van der Waals surface area contributed by atoms with Crippen LogP contribution in [-0.2, 0) is 0 Å². The molecule has 2 heterocycles. The van der Waals surface area contributed by atoms with Gasteiger partial charge in [0.2, 0.25) is 0 Å². The van der Waals surface area contributed by atoms with E-state index in [-0.39, 0.29) is 5.56 Å². The minimum atomic E-state index is -0.0285. The molecule has 5 heteroatoms. The van der Waals surface area contributed by atoms with Crippen LogP contribution in [0.2, 0.25) is 0 Å². The van der Waals surface area contributed by atoms with Crippen LogP contribution in [-0.4, -0.2) is 15.7 Å². The Morgan fingerprint density at radius 2 is 1.96 bits per heavy atom. The SMILES string of the molecule is CCCCCCSc1nc2sc(C)c(-c3ccccc3)c2c(=O)[nH]1. The van der Waals surface area contributed by atoms with Crippen LogP contribution in [0.15, 0.2) is 40.3 Å². The highest BCUT2D eigenvalue weighted by Gasteiger charge is 2.16. The van der Waals surface area contributed by atoms with Crippen molar-refractivity contribution < 1.29 is 0 Å². The van der Waals surface area contributed by atoms with Crippen molar-refractivity contribution >= 4 is 33.3 Å². The summed E-state index contributed by atoms with van der Waals surface area (Å²) in [5.74, 6) is 1.00. The van der Waals surface area contributed by atoms with Crippen molar-refractivity contribution in [2.75, 3.05) is 5.75 Å². The van der Waals surface area contributed by atoms with Crippen LogP contribution in [0.1, 0.15) is 37.5 Å². The molecule has 0 radical (unpaired) electrons. The molecule has 2 aromatic heterocycles. The van der Waals surface area contributed by atoms with E-state index in [1.54, 1.807) is 23.1 Å². The molecular formula is C19H22N2OS2. The number of aryl methyl sites for hydroxylation is 1. The monoisotopic (exact) mass is 358 g/mol. The van der Waals surface area contributed by atoms with Crippen molar-refractivity contribution in [1.82, 2.24) is 9.97 Å². The van der Waals surface area contributed by atoms with Gasteiger partial charge >= 0.3 is 0 Å². The van der Waals surface area contributed by atoms with Crippen molar-refractivity contribution in [3.8, 4) is 11.1 Å². The van der Waals surface area contributed by atoms with E-state index in [0.29, 0.717) is 0 Å². The molecule has 0 unspecified atom stereocenters. The first-order valence-electron chi connectivity index (χ1n) is 8.42. The number of hydrogen-bond donors (Lipinski definition) is 1. The predicted molar refractivity (Wildman–Crippen MR) is 105 cm³/mol. The maximum Gasteiger partial charge on any atom is 0.260 e. The zero-order valence-electron chi connectivity index (χ0n) is 14.1. The first kappa shape index (κ1) is 17.2. The maximum atomic E-state index is 12.6. The number of nitrogens with zero attached hydrogens (tertiary/aromatic N) is 1. The van der Waals surface area contributed by atoms with Crippen molar-refractivity contribution in [1.29, 1.82) is 0 Å². The number of hydrogen-bond acceptors (Lipinski definition) is 4. The second kappa shape index (κ2) is 7.99. The lowest BCUT2D eigenvalue weighted by molar-refractivity contribution is 0.706. The Balaban J connectivity index is 1.89. The Morgan fingerprint density at radius 3 is 2.71 bits per heavy atom. The summed E-state index contributed by atoms with van der Waals surface area (Å²) in [5, 5.41) is 1.46. The third-order valence-electron chi connectivity index (χ3n) is 4.02. The van der Waals surface area contributed by atoms with Crippen molar-refractivity contribution in [3.05, 3.63) is 45.6 Å². The highest BCUT2D eigenvalue weighted by molar-refractivity contribution is 7.99. The summed E-state index contributed by atoms with van der Waals surface area (Å²) in [4.78, 5) is 22.3. The van der Waals surface area contributed by atoms with E-state index in [4.69, 9.17) is 0 Å². The number of aromatic nitrogens is 2. The van der Waals surface area contributed by atoms with Gasteiger partial charge in [-0.3, -0.25) is 4.79 Å². The number of thiophene rings is 1. The third kappa shape index (κ3) is 3.73. The van der Waals surface area contributed by atoms with Gasteiger partial charge in [-0.1, -0.05) is 68.3 Å². The molecule has 0 aliphatic carbocycles. The lowest BCUT2D eigenvalue weighted by Gasteiger charge is -2.03. The van der Waals surface area contributed by atoms with Crippen molar-refractivity contribution in [2.45, 2.75) is 44.7 Å². The van der Waals surface area contributed by atoms with Crippen LogP contribution in [0.4, 0.5) is 0 Å². The lowest BCUT2D eigenvalue weighted by atomic mass is 10.0. The smallest absolute Gasteiger partial charge is 0.260 e. The van der Waals surface area contributed by atoms with Gasteiger partial charge in [-0.05, 0) is 18.9 Å². The minimum Gasteiger partial charge on any atom is -0.301 e. The molecule has 0 spiro atoms. The number of unbranched alkanes of at least 4 members (excludes halogenated alkanes) is 3. The third-order valence-corrected chi connectivity index (χ3v) is 5.97. The predicted octanol–water partition coefficient (Wildman–Crippen LogP) is 5.63. The molecule has 24 heavy (non-hydrogen) atoms. The normalized spacial score (nSPS) is 11.2. The van der Waals surface area contributed by atoms with Gasteiger partial charge < -0.3 is 4.98 Å². The van der Waals surface area contributed by atoms with Gasteiger partial charge in [0.1, 0.15) is 4.83 Å². The topological polar surface area (TPSA) is 45.8 Å². The number of rotatable bonds is 7. The quantitative estimate of drug-likeness (QED) is 0.338. The summed E-state index contributed by atoms with van der Waals surface area (Å²) in [6.45, 7) is 4.27. The Morgan fingerprint density at radius 1 is 1.17 bits per heavy atom. The Bertz CT molecular complexity index is 868. The molecule has 3 aromatic rings. The molecule has 3 rings (SSSR count). The van der Waals surface area contributed by atoms with Crippen LogP contribution in [0.3, 0.4) is 0 Å². The number of fused-ring (bicyclic) bond motifs is 1. The summed E-state index contributed by atoms with van der Waals surface area (Å²) < 4.78 is 0. The summed E-state index contributed by atoms with van der Waals surface area (Å²) in [6, 6.07) is 10.1. The lowest BCUT2D eigenvalue weighted by Crippen LogP contribution is -2.08. The van der Waals surface area contributed by atoms with Crippen LogP contribution >= 0.6 is 23.1 Å². The van der Waals surface area contributed by atoms with E-state index in [2.05, 4.69) is 23.8 Å². The van der Waals surface area contributed by atoms with Crippen molar-refractivity contribution in [3.63, 3.8) is 0 Å². The fourth-order valence-electron chi connectivity index (χ4n) is 2.82. The largest absolute Gasteiger partial charge is 0.301 e. The molecule has 0 saturated carbocycles. The second-order valence-corrected chi connectivity index (χ2v) is 8.15. The molecule has 0 amide bonds. The van der Waals surface area contributed by atoms with Crippen molar-refractivity contribution in [2.24, 2.45) is 0 Å². The summed E-state index contributed by atoms with van der Waals surface area (Å²) in [5.41, 5.74) is 2.07. The average Bonchev–Trinajstić information content (AvgIpc) is 2.92. The van der Waals surface area contributed by atoms with Crippen LogP contribution < -0.4 is 5.56 Å². The zero-order valence-corrected chi connectivity index (χ0v) is 15.7. The summed E-state index contributed by atoms with van der Waals surface area (Å²) >= 11 is 3.26. The summed E-state index contributed by atoms with van der Waals surface area (Å²) in [6.07, 6.45) is 4.92. The van der Waals surface area contributed by atoms with E-state index in [1.807, 2.05) is 30.3 Å². The molecule has 0 aliphatic rings. The van der Waals surface area contributed by atoms with Gasteiger partial charge in [-0.15, -0.1) is 11.3 Å². The van der Waals surface area contributed by atoms with Crippen LogP contribution in [0.5, 0.6) is 0 Å². The molecule has 0 aliphatic heterocycles. The number of benzene rings is 1. The Labute approximate surface area is 150 Å². The summed E-state index contributed by atoms with van der Waals surface area (Å²) in [7, 11) is 0. The maximum absolute atomic E-state index is 12.6. The Kier molecular flexibility index (Phi) is 5.74. The molecule has 126 valence electrons. The highest BCUT2D eigenvalue weighted by Crippen LogP contribution is 2.35. The van der Waals surface area contributed by atoms with E-state index in [9.17, 15) is 4.79 Å². The van der Waals surface area contributed by atoms with Crippen LogP contribution in [0.25, 0.3) is 21.3 Å². The molecule has 1 N–H and O–H groups in total. The van der Waals surface area contributed by atoms with E-state index < -0.39 is 0 Å². The first-order valence-corrected chi connectivity index (χ1v) is 10.2. The molecule has 0 fully saturated rings. The fourth-order valence-corrected chi connectivity index (χ4v) is 4.78. The van der Waals surface area contributed by atoms with E-state index >= 15 is 0 Å². The number of nitrogens with one attached hydrogen (secondary N) is 1. The second-order valence-electron chi connectivity index (χ2n) is 5.86. The first-order chi connectivity index (χ1) is 11.7. The molecule has 3 nitrogen and oxygen atoms in total. The van der Waals surface area contributed by atoms with Gasteiger partial charge in [0.25, 0.3) is 5.56 Å². The van der Waals surface area contributed by atoms with Gasteiger partial charge in [0, 0.05) is 16.2 Å². The van der Waals surface area contributed by atoms with E-state index in [1.165, 1.54) is 25.7 Å². The van der Waals surface area contributed by atoms with Gasteiger partial charge in [-0.2, -0.15) is 0 Å². The number of aromatic amines is 1. The zero-order chi connectivity index (χ0) is 16.9. The average molecular weight is 359 g/mol. The van der Waals surface area contributed by atoms with Gasteiger partial charge in [-0.25, -0.2) is 4.98 Å². The molecule has 0 saturated heterocycles. The Hall–Kier alpha value is -1.59. The number of H-pyrrole nitrogens is 1. The highest BCUT2D eigenvalue weighted by atomic mass is 32.2. The van der Waals surface area contributed by atoms with Crippen LogP contribution in [0, 0.1) is 6.92 Å². The molecular weight excluding hydrogens is 336 g/mol. The van der Waals surface area contributed by atoms with Gasteiger partial charge in [0.05, 0.1) is 5.39 Å². The fraction of sp³-hybridized carbons (Fsp3) is 0.368. The van der Waals surface area contributed by atoms with E-state index in [0.717, 1.165) is 37.1 Å².